The van der Waals surface area contributed by atoms with Gasteiger partial charge in [0.25, 0.3) is 11.6 Å². The average molecular weight is 490 g/mol. The van der Waals surface area contributed by atoms with E-state index < -0.39 is 16.6 Å². The molecule has 0 unspecified atom stereocenters. The number of ether oxygens (including phenoxy) is 2. The number of nitrogens with one attached hydrogen (secondary N) is 1. The quantitative estimate of drug-likeness (QED) is 0.272. The van der Waals surface area contributed by atoms with E-state index in [-0.39, 0.29) is 11.4 Å². The summed E-state index contributed by atoms with van der Waals surface area (Å²) in [5.41, 5.74) is 2.36. The topological polar surface area (TPSA) is 109 Å². The molecule has 1 N–H and O–H groups in total. The molecule has 1 aromatic heterocycles. The van der Waals surface area contributed by atoms with Gasteiger partial charge in [-0.2, -0.15) is 5.10 Å². The number of rotatable bonds is 9. The second kappa shape index (κ2) is 10.7. The molecule has 184 valence electrons. The number of aromatic nitrogens is 2. The van der Waals surface area contributed by atoms with Gasteiger partial charge in [0.2, 0.25) is 0 Å². The largest absolute Gasteiger partial charge is 0.493 e. The highest BCUT2D eigenvalue weighted by Gasteiger charge is 2.19. The molecule has 0 aliphatic rings. The number of nitro benzene ring substituents is 1. The minimum Gasteiger partial charge on any atom is -0.493 e. The molecule has 0 aliphatic heterocycles. The Balaban J connectivity index is 1.60. The molecule has 3 aromatic carbocycles. The van der Waals surface area contributed by atoms with E-state index in [9.17, 15) is 19.3 Å². The molecule has 4 rings (SSSR count). The molecule has 1 heterocycles. The van der Waals surface area contributed by atoms with Crippen LogP contribution in [0.4, 0.5) is 10.1 Å². The van der Waals surface area contributed by atoms with Crippen LogP contribution < -0.4 is 14.8 Å². The fourth-order valence-electron chi connectivity index (χ4n) is 3.69. The summed E-state index contributed by atoms with van der Waals surface area (Å²) in [5, 5.41) is 18.6. The van der Waals surface area contributed by atoms with Crippen molar-refractivity contribution in [1.82, 2.24) is 15.1 Å². The summed E-state index contributed by atoms with van der Waals surface area (Å²) < 4.78 is 25.3. The standard InChI is InChI=1S/C26H23FN4O5/c1-35-24-11-6-17(14-25(24)36-2)12-13-28-26(32)23-16-22(18-7-9-19(27)10-8-18)29-30(23)20-4-3-5-21(15-20)31(33)34/h3-11,14-16H,12-13H2,1-2H3,(H,28,32). The van der Waals surface area contributed by atoms with Crippen molar-refractivity contribution >= 4 is 11.6 Å². The monoisotopic (exact) mass is 490 g/mol. The van der Waals surface area contributed by atoms with E-state index in [1.54, 1.807) is 44.6 Å². The zero-order valence-corrected chi connectivity index (χ0v) is 19.6. The van der Waals surface area contributed by atoms with Crippen molar-refractivity contribution in [3.05, 3.63) is 100.0 Å². The summed E-state index contributed by atoms with van der Waals surface area (Å²) in [5.74, 6) is 0.390. The normalized spacial score (nSPS) is 10.6. The Bertz CT molecular complexity index is 1400. The second-order valence-corrected chi connectivity index (χ2v) is 7.81. The van der Waals surface area contributed by atoms with E-state index in [2.05, 4.69) is 10.4 Å². The van der Waals surface area contributed by atoms with Crippen molar-refractivity contribution in [2.45, 2.75) is 6.42 Å². The molecule has 36 heavy (non-hydrogen) atoms. The van der Waals surface area contributed by atoms with Crippen LogP contribution in [0, 0.1) is 15.9 Å². The lowest BCUT2D eigenvalue weighted by molar-refractivity contribution is -0.384. The number of carbonyl (C=O) groups is 1. The molecule has 0 bridgehead atoms. The van der Waals surface area contributed by atoms with Gasteiger partial charge in [-0.05, 0) is 60.5 Å². The van der Waals surface area contributed by atoms with Crippen LogP contribution in [0.5, 0.6) is 11.5 Å². The van der Waals surface area contributed by atoms with Crippen molar-refractivity contribution < 1.29 is 23.6 Å². The van der Waals surface area contributed by atoms with E-state index in [1.807, 2.05) is 12.1 Å². The third-order valence-corrected chi connectivity index (χ3v) is 5.51. The van der Waals surface area contributed by atoms with Crippen LogP contribution in [0.2, 0.25) is 0 Å². The zero-order chi connectivity index (χ0) is 25.7. The first-order valence-electron chi connectivity index (χ1n) is 11.0. The molecule has 10 heteroatoms. The highest BCUT2D eigenvalue weighted by molar-refractivity contribution is 5.94. The van der Waals surface area contributed by atoms with Gasteiger partial charge in [0, 0.05) is 24.2 Å². The summed E-state index contributed by atoms with van der Waals surface area (Å²) in [6.45, 7) is 0.320. The molecule has 9 nitrogen and oxygen atoms in total. The Hall–Kier alpha value is -4.73. The van der Waals surface area contributed by atoms with Gasteiger partial charge in [-0.25, -0.2) is 9.07 Å². The minimum absolute atomic E-state index is 0.133. The average Bonchev–Trinajstić information content (AvgIpc) is 3.34. The Morgan fingerprint density at radius 3 is 2.47 bits per heavy atom. The van der Waals surface area contributed by atoms with Crippen LogP contribution in [0.15, 0.2) is 72.8 Å². The van der Waals surface area contributed by atoms with Crippen LogP contribution in [0.1, 0.15) is 16.1 Å². The molecular formula is C26H23FN4O5. The highest BCUT2D eigenvalue weighted by Crippen LogP contribution is 2.28. The maximum absolute atomic E-state index is 13.4. The van der Waals surface area contributed by atoms with Crippen molar-refractivity contribution in [3.8, 4) is 28.4 Å². The summed E-state index contributed by atoms with van der Waals surface area (Å²) in [4.78, 5) is 23.9. The smallest absolute Gasteiger partial charge is 0.271 e. The Morgan fingerprint density at radius 2 is 1.78 bits per heavy atom. The third kappa shape index (κ3) is 5.33. The maximum Gasteiger partial charge on any atom is 0.271 e. The number of hydrogen-bond donors (Lipinski definition) is 1. The molecule has 0 aliphatic carbocycles. The Labute approximate surface area is 206 Å². The first kappa shape index (κ1) is 24.4. The van der Waals surface area contributed by atoms with Gasteiger partial charge < -0.3 is 14.8 Å². The van der Waals surface area contributed by atoms with Gasteiger partial charge in [-0.3, -0.25) is 14.9 Å². The van der Waals surface area contributed by atoms with Gasteiger partial charge in [0.15, 0.2) is 11.5 Å². The summed E-state index contributed by atoms with van der Waals surface area (Å²) >= 11 is 0. The second-order valence-electron chi connectivity index (χ2n) is 7.81. The third-order valence-electron chi connectivity index (χ3n) is 5.51. The molecular weight excluding hydrogens is 467 g/mol. The lowest BCUT2D eigenvalue weighted by Gasteiger charge is -2.11. The van der Waals surface area contributed by atoms with Gasteiger partial charge in [-0.15, -0.1) is 0 Å². The highest BCUT2D eigenvalue weighted by atomic mass is 19.1. The number of hydrogen-bond acceptors (Lipinski definition) is 6. The minimum atomic E-state index is -0.517. The molecule has 1 amide bonds. The van der Waals surface area contributed by atoms with Crippen LogP contribution in [-0.2, 0) is 6.42 Å². The van der Waals surface area contributed by atoms with Crippen LogP contribution in [0.3, 0.4) is 0 Å². The number of amides is 1. The molecule has 0 saturated carbocycles. The number of halogens is 1. The molecule has 0 spiro atoms. The number of non-ortho nitro benzene ring substituents is 1. The van der Waals surface area contributed by atoms with E-state index in [1.165, 1.54) is 35.0 Å². The van der Waals surface area contributed by atoms with E-state index in [0.717, 1.165) is 5.56 Å². The number of nitrogens with zero attached hydrogens (tertiary/aromatic N) is 3. The van der Waals surface area contributed by atoms with Gasteiger partial charge in [0.05, 0.1) is 30.5 Å². The molecule has 4 aromatic rings. The SMILES string of the molecule is COc1ccc(CCNC(=O)c2cc(-c3ccc(F)cc3)nn2-c2cccc([N+](=O)[O-])c2)cc1OC. The molecule has 0 fully saturated rings. The maximum atomic E-state index is 13.4. The summed E-state index contributed by atoms with van der Waals surface area (Å²) in [7, 11) is 3.11. The molecule has 0 saturated heterocycles. The predicted octanol–water partition coefficient (Wildman–Crippen LogP) is 4.58. The Kier molecular flexibility index (Phi) is 7.24. The number of carbonyl (C=O) groups excluding carboxylic acids is 1. The summed E-state index contributed by atoms with van der Waals surface area (Å²) in [6.07, 6.45) is 0.530. The van der Waals surface area contributed by atoms with Gasteiger partial charge in [0.1, 0.15) is 11.5 Å². The van der Waals surface area contributed by atoms with E-state index in [4.69, 9.17) is 9.47 Å². The first-order chi connectivity index (χ1) is 17.4. The first-order valence-corrected chi connectivity index (χ1v) is 11.0. The summed E-state index contributed by atoms with van der Waals surface area (Å²) in [6, 6.07) is 18.6. The number of methoxy groups -OCH3 is 2. The van der Waals surface area contributed by atoms with Crippen LogP contribution in [0.25, 0.3) is 16.9 Å². The predicted molar refractivity (Wildman–Crippen MR) is 131 cm³/mol. The van der Waals surface area contributed by atoms with Crippen molar-refractivity contribution in [2.75, 3.05) is 20.8 Å². The van der Waals surface area contributed by atoms with Crippen molar-refractivity contribution in [2.24, 2.45) is 0 Å². The van der Waals surface area contributed by atoms with Gasteiger partial charge >= 0.3 is 0 Å². The van der Waals surface area contributed by atoms with Crippen LogP contribution >= 0.6 is 0 Å². The lowest BCUT2D eigenvalue weighted by Crippen LogP contribution is -2.27. The number of benzene rings is 3. The molecule has 0 atom stereocenters. The zero-order valence-electron chi connectivity index (χ0n) is 19.6. The van der Waals surface area contributed by atoms with Crippen molar-refractivity contribution in [3.63, 3.8) is 0 Å². The van der Waals surface area contributed by atoms with Crippen LogP contribution in [-0.4, -0.2) is 41.4 Å². The fourth-order valence-corrected chi connectivity index (χ4v) is 3.69. The fraction of sp³-hybridized carbons (Fsp3) is 0.154. The Morgan fingerprint density at radius 1 is 1.03 bits per heavy atom. The van der Waals surface area contributed by atoms with E-state index >= 15 is 0 Å². The lowest BCUT2D eigenvalue weighted by atomic mass is 10.1. The van der Waals surface area contributed by atoms with E-state index in [0.29, 0.717) is 41.4 Å². The molecule has 0 radical (unpaired) electrons. The van der Waals surface area contributed by atoms with Crippen molar-refractivity contribution in [1.29, 1.82) is 0 Å². The van der Waals surface area contributed by atoms with Gasteiger partial charge in [-0.1, -0.05) is 12.1 Å². The number of nitro groups is 1.